The smallest absolute Gasteiger partial charge is 0.311 e. The third kappa shape index (κ3) is 3.10. The summed E-state index contributed by atoms with van der Waals surface area (Å²) in [5.74, 6) is -0.853. The van der Waals surface area contributed by atoms with Crippen molar-refractivity contribution in [3.05, 3.63) is 48.3 Å². The molecule has 5 heteroatoms. The largest absolute Gasteiger partial charge is 0.481 e. The molecule has 0 radical (unpaired) electrons. The Hall–Kier alpha value is -1.75. The summed E-state index contributed by atoms with van der Waals surface area (Å²) in [4.78, 5) is 18.2. The summed E-state index contributed by atoms with van der Waals surface area (Å²) in [6.07, 6.45) is 3.38. The van der Waals surface area contributed by atoms with Gasteiger partial charge >= 0.3 is 5.97 Å². The van der Waals surface area contributed by atoms with Crippen molar-refractivity contribution in [2.45, 2.75) is 11.1 Å². The molecule has 17 heavy (non-hydrogen) atoms. The molecule has 0 saturated heterocycles. The Bertz CT molecular complexity index is 471. The standard InChI is InChI=1S/C12H12N2O2S/c15-11(16)10(9-4-2-1-3-5-9)8-17-12-13-6-7-14-12/h1-7,10H,8H2,(H,13,14)(H,15,16). The molecule has 1 heterocycles. The van der Waals surface area contributed by atoms with Crippen LogP contribution in [0.2, 0.25) is 0 Å². The van der Waals surface area contributed by atoms with Crippen LogP contribution in [0.15, 0.2) is 47.9 Å². The van der Waals surface area contributed by atoms with E-state index in [2.05, 4.69) is 9.97 Å². The van der Waals surface area contributed by atoms with E-state index >= 15 is 0 Å². The van der Waals surface area contributed by atoms with Crippen molar-refractivity contribution in [2.24, 2.45) is 0 Å². The van der Waals surface area contributed by atoms with Crippen molar-refractivity contribution in [2.75, 3.05) is 5.75 Å². The molecule has 2 rings (SSSR count). The molecule has 0 aliphatic carbocycles. The van der Waals surface area contributed by atoms with Gasteiger partial charge in [-0.3, -0.25) is 4.79 Å². The van der Waals surface area contributed by atoms with Gasteiger partial charge in [-0.05, 0) is 5.56 Å². The van der Waals surface area contributed by atoms with E-state index in [4.69, 9.17) is 0 Å². The van der Waals surface area contributed by atoms with Gasteiger partial charge in [0.1, 0.15) is 0 Å². The van der Waals surface area contributed by atoms with Crippen molar-refractivity contribution >= 4 is 17.7 Å². The zero-order valence-electron chi connectivity index (χ0n) is 9.04. The van der Waals surface area contributed by atoms with Gasteiger partial charge in [0.15, 0.2) is 5.16 Å². The monoisotopic (exact) mass is 248 g/mol. The SMILES string of the molecule is O=C(O)C(CSc1ncc[nH]1)c1ccccc1. The number of carboxylic acids is 1. The lowest BCUT2D eigenvalue weighted by atomic mass is 10.0. The van der Waals surface area contributed by atoms with Crippen LogP contribution in [0, 0.1) is 0 Å². The number of carboxylic acid groups (broad SMARTS) is 1. The fraction of sp³-hybridized carbons (Fsp3) is 0.167. The third-order valence-corrected chi connectivity index (χ3v) is 3.36. The molecule has 0 bridgehead atoms. The molecular weight excluding hydrogens is 236 g/mol. The maximum absolute atomic E-state index is 11.2. The Kier molecular flexibility index (Phi) is 3.82. The summed E-state index contributed by atoms with van der Waals surface area (Å²) in [5.41, 5.74) is 0.819. The first-order valence-electron chi connectivity index (χ1n) is 5.17. The molecule has 1 aromatic heterocycles. The molecule has 88 valence electrons. The molecular formula is C12H12N2O2S. The normalized spacial score (nSPS) is 12.2. The van der Waals surface area contributed by atoms with Gasteiger partial charge in [0.05, 0.1) is 5.92 Å². The van der Waals surface area contributed by atoms with Gasteiger partial charge in [-0.1, -0.05) is 42.1 Å². The maximum Gasteiger partial charge on any atom is 0.311 e. The fourth-order valence-electron chi connectivity index (χ4n) is 1.49. The molecule has 0 amide bonds. The highest BCUT2D eigenvalue weighted by Crippen LogP contribution is 2.24. The molecule has 0 aliphatic heterocycles. The number of aromatic amines is 1. The second-order valence-electron chi connectivity index (χ2n) is 3.51. The van der Waals surface area contributed by atoms with Crippen molar-refractivity contribution in [3.8, 4) is 0 Å². The summed E-state index contributed by atoms with van der Waals surface area (Å²) < 4.78 is 0. The van der Waals surface area contributed by atoms with Crippen molar-refractivity contribution in [1.29, 1.82) is 0 Å². The molecule has 1 aromatic carbocycles. The van der Waals surface area contributed by atoms with Gasteiger partial charge in [-0.25, -0.2) is 4.98 Å². The lowest BCUT2D eigenvalue weighted by Gasteiger charge is -2.11. The minimum atomic E-state index is -0.810. The number of hydrogen-bond donors (Lipinski definition) is 2. The second kappa shape index (κ2) is 5.54. The number of hydrogen-bond acceptors (Lipinski definition) is 3. The Balaban J connectivity index is 2.06. The number of aliphatic carboxylic acids is 1. The number of nitrogens with one attached hydrogen (secondary N) is 1. The van der Waals surface area contributed by atoms with E-state index in [1.54, 1.807) is 12.4 Å². The lowest BCUT2D eigenvalue weighted by molar-refractivity contribution is -0.138. The van der Waals surface area contributed by atoms with Crippen molar-refractivity contribution in [1.82, 2.24) is 9.97 Å². The number of nitrogens with zero attached hydrogens (tertiary/aromatic N) is 1. The molecule has 4 nitrogen and oxygen atoms in total. The zero-order chi connectivity index (χ0) is 12.1. The quantitative estimate of drug-likeness (QED) is 0.797. The Morgan fingerprint density at radius 1 is 1.41 bits per heavy atom. The maximum atomic E-state index is 11.2. The van der Waals surface area contributed by atoms with Crippen LogP contribution in [0.25, 0.3) is 0 Å². The van der Waals surface area contributed by atoms with E-state index in [0.29, 0.717) is 5.75 Å². The average Bonchev–Trinajstić information content (AvgIpc) is 2.83. The van der Waals surface area contributed by atoms with E-state index < -0.39 is 11.9 Å². The predicted octanol–water partition coefficient (Wildman–Crippen LogP) is 2.37. The van der Waals surface area contributed by atoms with Crippen LogP contribution in [0.5, 0.6) is 0 Å². The summed E-state index contributed by atoms with van der Waals surface area (Å²) >= 11 is 1.41. The van der Waals surface area contributed by atoms with Crippen LogP contribution in [0.3, 0.4) is 0 Å². The number of carbonyl (C=O) groups is 1. The van der Waals surface area contributed by atoms with Gasteiger partial charge in [0, 0.05) is 18.1 Å². The molecule has 1 atom stereocenters. The molecule has 1 unspecified atom stereocenters. The minimum Gasteiger partial charge on any atom is -0.481 e. The third-order valence-electron chi connectivity index (χ3n) is 2.36. The van der Waals surface area contributed by atoms with Crippen LogP contribution in [0.1, 0.15) is 11.5 Å². The highest BCUT2D eigenvalue weighted by atomic mass is 32.2. The van der Waals surface area contributed by atoms with Crippen LogP contribution in [-0.2, 0) is 4.79 Å². The summed E-state index contributed by atoms with van der Waals surface area (Å²) in [5, 5.41) is 9.95. The van der Waals surface area contributed by atoms with Crippen LogP contribution < -0.4 is 0 Å². The van der Waals surface area contributed by atoms with Gasteiger partial charge in [-0.15, -0.1) is 0 Å². The number of H-pyrrole nitrogens is 1. The van der Waals surface area contributed by atoms with Gasteiger partial charge < -0.3 is 10.1 Å². The molecule has 2 aromatic rings. The van der Waals surface area contributed by atoms with Gasteiger partial charge in [-0.2, -0.15) is 0 Å². The first-order valence-corrected chi connectivity index (χ1v) is 6.16. The van der Waals surface area contributed by atoms with E-state index in [-0.39, 0.29) is 0 Å². The Morgan fingerprint density at radius 2 is 2.18 bits per heavy atom. The molecule has 0 fully saturated rings. The van der Waals surface area contributed by atoms with Crippen LogP contribution in [0.4, 0.5) is 0 Å². The van der Waals surface area contributed by atoms with Crippen molar-refractivity contribution < 1.29 is 9.90 Å². The Morgan fingerprint density at radius 3 is 2.76 bits per heavy atom. The van der Waals surface area contributed by atoms with Gasteiger partial charge in [0.2, 0.25) is 0 Å². The van der Waals surface area contributed by atoms with Crippen LogP contribution in [-0.4, -0.2) is 26.8 Å². The highest BCUT2D eigenvalue weighted by Gasteiger charge is 2.20. The van der Waals surface area contributed by atoms with E-state index in [1.807, 2.05) is 30.3 Å². The number of aromatic nitrogens is 2. The first kappa shape index (κ1) is 11.7. The molecule has 0 aliphatic rings. The zero-order valence-corrected chi connectivity index (χ0v) is 9.85. The minimum absolute atomic E-state index is 0.465. The topological polar surface area (TPSA) is 66.0 Å². The molecule has 0 spiro atoms. The van der Waals surface area contributed by atoms with E-state index in [1.165, 1.54) is 11.8 Å². The van der Waals surface area contributed by atoms with Crippen molar-refractivity contribution in [3.63, 3.8) is 0 Å². The lowest BCUT2D eigenvalue weighted by Crippen LogP contribution is -2.14. The Labute approximate surface area is 103 Å². The summed E-state index contributed by atoms with van der Waals surface area (Å²) in [6, 6.07) is 9.25. The number of thioether (sulfide) groups is 1. The molecule has 0 saturated carbocycles. The average molecular weight is 248 g/mol. The predicted molar refractivity (Wildman–Crippen MR) is 66.1 cm³/mol. The summed E-state index contributed by atoms with van der Waals surface area (Å²) in [7, 11) is 0. The van der Waals surface area contributed by atoms with E-state index in [9.17, 15) is 9.90 Å². The molecule has 2 N–H and O–H groups in total. The highest BCUT2D eigenvalue weighted by molar-refractivity contribution is 7.99. The number of benzene rings is 1. The van der Waals surface area contributed by atoms with Crippen LogP contribution >= 0.6 is 11.8 Å². The second-order valence-corrected chi connectivity index (χ2v) is 4.52. The summed E-state index contributed by atoms with van der Waals surface area (Å²) in [6.45, 7) is 0. The fourth-order valence-corrected chi connectivity index (χ4v) is 2.43. The number of rotatable bonds is 5. The van der Waals surface area contributed by atoms with E-state index in [0.717, 1.165) is 10.7 Å². The van der Waals surface area contributed by atoms with Gasteiger partial charge in [0.25, 0.3) is 0 Å². The number of imidazole rings is 1. The first-order chi connectivity index (χ1) is 8.27.